The summed E-state index contributed by atoms with van der Waals surface area (Å²) in [4.78, 5) is 7.50. The molecule has 0 bridgehead atoms. The van der Waals surface area contributed by atoms with Gasteiger partial charge in [-0.1, -0.05) is 54.0 Å². The van der Waals surface area contributed by atoms with Crippen molar-refractivity contribution < 1.29 is 0 Å². The summed E-state index contributed by atoms with van der Waals surface area (Å²) in [7, 11) is 5.97. The molecule has 0 aliphatic heterocycles. The molecule has 4 heteroatoms. The fourth-order valence-corrected chi connectivity index (χ4v) is 3.05. The van der Waals surface area contributed by atoms with E-state index in [2.05, 4.69) is 57.7 Å². The predicted molar refractivity (Wildman–Crippen MR) is 104 cm³/mol. The van der Waals surface area contributed by atoms with E-state index < -0.39 is 0 Å². The first kappa shape index (κ1) is 15.7. The Morgan fingerprint density at radius 3 is 2.60 bits per heavy atom. The third-order valence-corrected chi connectivity index (χ3v) is 4.42. The highest BCUT2D eigenvalue weighted by Crippen LogP contribution is 2.27. The molecule has 2 aromatic heterocycles. The van der Waals surface area contributed by atoms with Crippen LogP contribution < -0.4 is 10.8 Å². The first-order valence-corrected chi connectivity index (χ1v) is 8.37. The zero-order valence-electron chi connectivity index (χ0n) is 13.9. The van der Waals surface area contributed by atoms with E-state index in [0.717, 1.165) is 35.1 Å². The highest BCUT2D eigenvalue weighted by molar-refractivity contribution is 6.33. The summed E-state index contributed by atoms with van der Waals surface area (Å²) in [5, 5.41) is 4.59. The number of aromatic nitrogens is 2. The van der Waals surface area contributed by atoms with Crippen LogP contribution in [0.25, 0.3) is 22.2 Å². The maximum absolute atomic E-state index is 5.97. The van der Waals surface area contributed by atoms with E-state index in [9.17, 15) is 0 Å². The Morgan fingerprint density at radius 1 is 0.920 bits per heavy atom. The van der Waals surface area contributed by atoms with Gasteiger partial charge in [-0.2, -0.15) is 0 Å². The highest BCUT2D eigenvalue weighted by Gasteiger charge is 2.05. The van der Waals surface area contributed by atoms with Crippen LogP contribution in [0.3, 0.4) is 0 Å². The van der Waals surface area contributed by atoms with E-state index in [1.165, 1.54) is 16.7 Å². The second kappa shape index (κ2) is 6.95. The molecule has 0 unspecified atom stereocenters. The van der Waals surface area contributed by atoms with Gasteiger partial charge in [-0.15, -0.1) is 0 Å². The minimum Gasteiger partial charge on any atom is -0.346 e. The molecule has 2 N–H and O–H groups in total. The van der Waals surface area contributed by atoms with E-state index in [1.54, 1.807) is 0 Å². The van der Waals surface area contributed by atoms with E-state index in [4.69, 9.17) is 7.85 Å². The lowest BCUT2D eigenvalue weighted by molar-refractivity contribution is 0.696. The predicted octanol–water partition coefficient (Wildman–Crippen LogP) is 3.31. The molecule has 25 heavy (non-hydrogen) atoms. The van der Waals surface area contributed by atoms with Crippen LogP contribution >= 0.6 is 0 Å². The van der Waals surface area contributed by atoms with Crippen molar-refractivity contribution in [1.82, 2.24) is 15.3 Å². The lowest BCUT2D eigenvalue weighted by atomic mass is 9.91. The van der Waals surface area contributed by atoms with Crippen molar-refractivity contribution in [2.24, 2.45) is 0 Å². The van der Waals surface area contributed by atoms with Crippen molar-refractivity contribution in [2.75, 3.05) is 0 Å². The van der Waals surface area contributed by atoms with Crippen molar-refractivity contribution in [2.45, 2.75) is 13.1 Å². The second-order valence-electron chi connectivity index (χ2n) is 6.10. The van der Waals surface area contributed by atoms with Crippen LogP contribution in [0.1, 0.15) is 11.1 Å². The van der Waals surface area contributed by atoms with Crippen LogP contribution in [0.4, 0.5) is 0 Å². The van der Waals surface area contributed by atoms with Gasteiger partial charge in [0.05, 0.1) is 0 Å². The van der Waals surface area contributed by atoms with E-state index in [0.29, 0.717) is 0 Å². The molecule has 2 aromatic carbocycles. The fourth-order valence-electron chi connectivity index (χ4n) is 3.05. The Hall–Kier alpha value is -2.85. The zero-order chi connectivity index (χ0) is 17.1. The van der Waals surface area contributed by atoms with Crippen LogP contribution in [-0.2, 0) is 13.1 Å². The molecule has 120 valence electrons. The number of H-pyrrole nitrogens is 1. The molecular formula is C21H18BN3. The summed E-state index contributed by atoms with van der Waals surface area (Å²) < 4.78 is 0. The molecule has 0 aliphatic carbocycles. The monoisotopic (exact) mass is 323 g/mol. The smallest absolute Gasteiger partial charge is 0.137 e. The van der Waals surface area contributed by atoms with Gasteiger partial charge in [0.1, 0.15) is 13.5 Å². The number of benzene rings is 2. The normalized spacial score (nSPS) is 11.0. The Bertz CT molecular complexity index is 989. The first-order valence-electron chi connectivity index (χ1n) is 8.37. The van der Waals surface area contributed by atoms with Gasteiger partial charge in [0.15, 0.2) is 0 Å². The zero-order valence-corrected chi connectivity index (χ0v) is 13.9. The summed E-state index contributed by atoms with van der Waals surface area (Å²) >= 11 is 0. The minimum absolute atomic E-state index is 0.767. The SMILES string of the molecule is [B]c1ccccc1CNCc1ccc(-c2ccnc3[nH]ccc23)cc1. The van der Waals surface area contributed by atoms with Crippen molar-refractivity contribution in [3.05, 3.63) is 84.2 Å². The van der Waals surface area contributed by atoms with Crippen LogP contribution in [0, 0.1) is 0 Å². The summed E-state index contributed by atoms with van der Waals surface area (Å²) in [5.74, 6) is 0. The summed E-state index contributed by atoms with van der Waals surface area (Å²) in [5.41, 5.74) is 6.52. The minimum atomic E-state index is 0.767. The van der Waals surface area contributed by atoms with E-state index in [-0.39, 0.29) is 0 Å². The molecule has 0 saturated heterocycles. The number of hydrogen-bond acceptors (Lipinski definition) is 2. The third kappa shape index (κ3) is 3.35. The van der Waals surface area contributed by atoms with Crippen LogP contribution in [0.15, 0.2) is 73.1 Å². The van der Waals surface area contributed by atoms with Gasteiger partial charge in [0, 0.05) is 30.9 Å². The molecule has 0 fully saturated rings. The Balaban J connectivity index is 1.45. The number of pyridine rings is 1. The van der Waals surface area contributed by atoms with Gasteiger partial charge in [0.25, 0.3) is 0 Å². The molecule has 0 amide bonds. The molecule has 2 heterocycles. The van der Waals surface area contributed by atoms with Gasteiger partial charge >= 0.3 is 0 Å². The molecule has 4 rings (SSSR count). The van der Waals surface area contributed by atoms with Crippen molar-refractivity contribution in [3.63, 3.8) is 0 Å². The van der Waals surface area contributed by atoms with Gasteiger partial charge in [-0.05, 0) is 34.4 Å². The largest absolute Gasteiger partial charge is 0.346 e. The molecule has 2 radical (unpaired) electrons. The fraction of sp³-hybridized carbons (Fsp3) is 0.0952. The number of nitrogens with one attached hydrogen (secondary N) is 2. The number of hydrogen-bond donors (Lipinski definition) is 2. The molecule has 0 aliphatic rings. The number of rotatable bonds is 5. The maximum atomic E-state index is 5.97. The average Bonchev–Trinajstić information content (AvgIpc) is 3.13. The van der Waals surface area contributed by atoms with Crippen molar-refractivity contribution in [1.29, 1.82) is 0 Å². The standard InChI is InChI=1S/C21H18BN3/c22-20-4-2-1-3-17(20)14-23-13-15-5-7-16(8-6-15)18-9-11-24-21-19(18)10-12-25-21/h1-12,23H,13-14H2,(H,24,25). The van der Waals surface area contributed by atoms with Gasteiger partial charge in [-0.25, -0.2) is 4.98 Å². The lowest BCUT2D eigenvalue weighted by Gasteiger charge is -2.09. The number of nitrogens with zero attached hydrogens (tertiary/aromatic N) is 1. The van der Waals surface area contributed by atoms with E-state index in [1.807, 2.05) is 30.6 Å². The van der Waals surface area contributed by atoms with Crippen LogP contribution in [0.5, 0.6) is 0 Å². The molecule has 0 atom stereocenters. The number of aromatic amines is 1. The summed E-state index contributed by atoms with van der Waals surface area (Å²) in [6, 6.07) is 20.7. The number of fused-ring (bicyclic) bond motifs is 1. The van der Waals surface area contributed by atoms with E-state index >= 15 is 0 Å². The quantitative estimate of drug-likeness (QED) is 0.553. The summed E-state index contributed by atoms with van der Waals surface area (Å²) in [6.07, 6.45) is 3.77. The topological polar surface area (TPSA) is 40.7 Å². The lowest BCUT2D eigenvalue weighted by Crippen LogP contribution is -2.19. The van der Waals surface area contributed by atoms with Gasteiger partial charge in [0.2, 0.25) is 0 Å². The van der Waals surface area contributed by atoms with Crippen LogP contribution in [0.2, 0.25) is 0 Å². The van der Waals surface area contributed by atoms with Gasteiger partial charge < -0.3 is 10.3 Å². The molecule has 0 spiro atoms. The van der Waals surface area contributed by atoms with Crippen LogP contribution in [-0.4, -0.2) is 17.8 Å². The van der Waals surface area contributed by atoms with Gasteiger partial charge in [-0.3, -0.25) is 0 Å². The first-order chi connectivity index (χ1) is 12.3. The summed E-state index contributed by atoms with van der Waals surface area (Å²) in [6.45, 7) is 1.58. The second-order valence-corrected chi connectivity index (χ2v) is 6.10. The average molecular weight is 323 g/mol. The Morgan fingerprint density at radius 2 is 1.76 bits per heavy atom. The molecule has 3 nitrogen and oxygen atoms in total. The van der Waals surface area contributed by atoms with Crippen molar-refractivity contribution in [3.8, 4) is 11.1 Å². The van der Waals surface area contributed by atoms with Crippen molar-refractivity contribution >= 4 is 24.3 Å². The third-order valence-electron chi connectivity index (χ3n) is 4.42. The molecule has 0 saturated carbocycles. The molecular weight excluding hydrogens is 305 g/mol. The Kier molecular flexibility index (Phi) is 4.36. The molecule has 4 aromatic rings. The Labute approximate surface area is 148 Å². The maximum Gasteiger partial charge on any atom is 0.137 e. The highest BCUT2D eigenvalue weighted by atomic mass is 14.8.